The zero-order valence-corrected chi connectivity index (χ0v) is 36.0. The van der Waals surface area contributed by atoms with Gasteiger partial charge < -0.3 is 24.2 Å². The summed E-state index contributed by atoms with van der Waals surface area (Å²) >= 11 is 0. The summed E-state index contributed by atoms with van der Waals surface area (Å²) in [5, 5.41) is 11.9. The van der Waals surface area contributed by atoms with E-state index in [4.69, 9.17) is 14.2 Å². The highest BCUT2D eigenvalue weighted by Gasteiger charge is 2.61. The predicted octanol–water partition coefficient (Wildman–Crippen LogP) is 9.24. The first kappa shape index (κ1) is 47.1. The first-order valence-electron chi connectivity index (χ1n) is 20.5. The lowest BCUT2D eigenvalue weighted by Gasteiger charge is -2.47. The zero-order valence-electron chi connectivity index (χ0n) is 36.0. The van der Waals surface area contributed by atoms with Crippen molar-refractivity contribution in [3.8, 4) is 28.4 Å². The Balaban J connectivity index is 1.45. The number of methoxy groups -OCH3 is 2. The Morgan fingerprint density at radius 1 is 0.918 bits per heavy atom. The number of carboxylic acid groups (broad SMARTS) is 1. The van der Waals surface area contributed by atoms with Gasteiger partial charge in [-0.15, -0.1) is 0 Å². The Bertz CT molecular complexity index is 2120. The highest BCUT2D eigenvalue weighted by Crippen LogP contribution is 2.51. The minimum atomic E-state index is -3.76. The Morgan fingerprint density at radius 3 is 2.10 bits per heavy atom. The Morgan fingerprint density at radius 2 is 1.52 bits per heavy atom. The first-order valence-corrected chi connectivity index (χ1v) is 20.5. The van der Waals surface area contributed by atoms with Crippen LogP contribution in [-0.4, -0.2) is 122 Å². The SMILES string of the molecule is C=C(C)C1(F)CCN(CCOc2cc(OC)cc(OC)c2-c2cccc3c(C[C@@H](C(=O)O)N(C)C(=O)C4(C(F)(F)C(=C)C)CCN(CC(F)(F)/C=C/C)CC4)cccc23)CC1. The van der Waals surface area contributed by atoms with Crippen LogP contribution in [0.4, 0.5) is 22.0 Å². The lowest BCUT2D eigenvalue weighted by atomic mass is 9.69. The van der Waals surface area contributed by atoms with Gasteiger partial charge in [-0.3, -0.25) is 14.6 Å². The summed E-state index contributed by atoms with van der Waals surface area (Å²) in [6, 6.07) is 12.7. The molecule has 9 nitrogen and oxygen atoms in total. The van der Waals surface area contributed by atoms with Crippen molar-refractivity contribution in [1.29, 1.82) is 0 Å². The Hall–Kier alpha value is -4.95. The van der Waals surface area contributed by atoms with Crippen LogP contribution >= 0.6 is 0 Å². The van der Waals surface area contributed by atoms with Gasteiger partial charge in [-0.05, 0) is 98.7 Å². The molecule has 2 fully saturated rings. The van der Waals surface area contributed by atoms with E-state index >= 15 is 13.2 Å². The average molecular weight is 856 g/mol. The molecular weight excluding hydrogens is 798 g/mol. The number of likely N-dealkylation sites (N-methyl/N-ethyl adjacent to an activating group) is 1. The van der Waals surface area contributed by atoms with Crippen LogP contribution in [0, 0.1) is 5.41 Å². The lowest BCUT2D eigenvalue weighted by molar-refractivity contribution is -0.177. The smallest absolute Gasteiger partial charge is 0.326 e. The Labute approximate surface area is 355 Å². The van der Waals surface area contributed by atoms with Gasteiger partial charge in [-0.2, -0.15) is 0 Å². The van der Waals surface area contributed by atoms with Crippen molar-refractivity contribution in [3.05, 3.63) is 90.6 Å². The number of piperidine rings is 2. The third-order valence-electron chi connectivity index (χ3n) is 12.4. The molecule has 0 saturated carbocycles. The number of allylic oxidation sites excluding steroid dienone is 3. The summed E-state index contributed by atoms with van der Waals surface area (Å²) in [4.78, 5) is 31.8. The molecule has 3 aromatic rings. The molecule has 2 saturated heterocycles. The number of carbonyl (C=O) groups excluding carboxylic acids is 1. The summed E-state index contributed by atoms with van der Waals surface area (Å²) in [6.07, 6.45) is 1.47. The highest BCUT2D eigenvalue weighted by atomic mass is 19.3. The van der Waals surface area contributed by atoms with Gasteiger partial charge in [0.25, 0.3) is 11.8 Å². The van der Waals surface area contributed by atoms with E-state index in [0.29, 0.717) is 82.8 Å². The number of hydrogen-bond donors (Lipinski definition) is 1. The molecule has 3 aromatic carbocycles. The van der Waals surface area contributed by atoms with Crippen molar-refractivity contribution < 1.29 is 50.9 Å². The number of alkyl halides is 5. The molecule has 2 heterocycles. The molecule has 14 heteroatoms. The van der Waals surface area contributed by atoms with Crippen LogP contribution in [-0.2, 0) is 16.0 Å². The summed E-state index contributed by atoms with van der Waals surface area (Å²) in [5.41, 5.74) is -1.99. The average Bonchev–Trinajstić information content (AvgIpc) is 3.22. The van der Waals surface area contributed by atoms with Gasteiger partial charge in [0.1, 0.15) is 41.0 Å². The number of likely N-dealkylation sites (tertiary alicyclic amines) is 2. The van der Waals surface area contributed by atoms with E-state index in [9.17, 15) is 23.5 Å². The maximum absolute atomic E-state index is 16.2. The van der Waals surface area contributed by atoms with E-state index in [2.05, 4.69) is 18.1 Å². The molecule has 5 rings (SSSR count). The largest absolute Gasteiger partial charge is 0.496 e. The molecule has 332 valence electrons. The predicted molar refractivity (Wildman–Crippen MR) is 228 cm³/mol. The molecule has 0 radical (unpaired) electrons. The van der Waals surface area contributed by atoms with E-state index in [1.54, 1.807) is 37.3 Å². The number of benzene rings is 3. The fourth-order valence-electron chi connectivity index (χ4n) is 8.67. The van der Waals surface area contributed by atoms with Gasteiger partial charge in [-0.1, -0.05) is 55.6 Å². The van der Waals surface area contributed by atoms with Gasteiger partial charge in [-0.25, -0.2) is 26.7 Å². The number of carboxylic acids is 1. The second kappa shape index (κ2) is 19.0. The number of halogens is 5. The van der Waals surface area contributed by atoms with Crippen molar-refractivity contribution >= 4 is 22.6 Å². The second-order valence-corrected chi connectivity index (χ2v) is 16.4. The third kappa shape index (κ3) is 9.91. The molecule has 61 heavy (non-hydrogen) atoms. The quantitative estimate of drug-likeness (QED) is 0.100. The molecule has 1 N–H and O–H groups in total. The van der Waals surface area contributed by atoms with Crippen molar-refractivity contribution in [2.24, 2.45) is 5.41 Å². The second-order valence-electron chi connectivity index (χ2n) is 16.4. The lowest BCUT2D eigenvalue weighted by Crippen LogP contribution is -2.61. The monoisotopic (exact) mass is 855 g/mol. The van der Waals surface area contributed by atoms with Gasteiger partial charge in [0, 0.05) is 45.2 Å². The number of aliphatic carboxylic acids is 1. The summed E-state index contributed by atoms with van der Waals surface area (Å²) < 4.78 is 94.4. The molecule has 2 aliphatic rings. The number of ether oxygens (including phenoxy) is 3. The van der Waals surface area contributed by atoms with Crippen LogP contribution in [0.2, 0.25) is 0 Å². The van der Waals surface area contributed by atoms with Crippen molar-refractivity contribution in [2.75, 3.05) is 67.1 Å². The number of fused-ring (bicyclic) bond motifs is 1. The molecule has 1 amide bonds. The molecule has 1 atom stereocenters. The molecule has 0 spiro atoms. The first-order chi connectivity index (χ1) is 28.7. The summed E-state index contributed by atoms with van der Waals surface area (Å²) in [5.74, 6) is -8.06. The minimum Gasteiger partial charge on any atom is -0.496 e. The molecular formula is C47H58F5N3O6. The van der Waals surface area contributed by atoms with Gasteiger partial charge >= 0.3 is 5.97 Å². The maximum atomic E-state index is 16.2. The van der Waals surface area contributed by atoms with Crippen LogP contribution < -0.4 is 14.2 Å². The molecule has 2 aliphatic heterocycles. The topological polar surface area (TPSA) is 91.8 Å². The normalized spacial score (nSPS) is 17.8. The van der Waals surface area contributed by atoms with Crippen LogP contribution in [0.3, 0.4) is 0 Å². The van der Waals surface area contributed by atoms with E-state index in [-0.39, 0.29) is 26.1 Å². The number of amides is 1. The van der Waals surface area contributed by atoms with E-state index in [0.717, 1.165) is 17.9 Å². The zero-order chi connectivity index (χ0) is 44.9. The number of rotatable bonds is 18. The fourth-order valence-corrected chi connectivity index (χ4v) is 8.67. The van der Waals surface area contributed by atoms with Crippen LogP contribution in [0.15, 0.2) is 85.0 Å². The van der Waals surface area contributed by atoms with Crippen molar-refractivity contribution in [3.63, 3.8) is 0 Å². The molecule has 0 unspecified atom stereocenters. The molecule has 0 aromatic heterocycles. The fraction of sp³-hybridized carbons (Fsp3) is 0.489. The van der Waals surface area contributed by atoms with E-state index in [1.807, 2.05) is 18.2 Å². The van der Waals surface area contributed by atoms with Crippen LogP contribution in [0.1, 0.15) is 52.0 Å². The maximum Gasteiger partial charge on any atom is 0.326 e. The molecule has 0 aliphatic carbocycles. The number of hydrogen-bond acceptors (Lipinski definition) is 7. The number of carbonyl (C=O) groups is 2. The van der Waals surface area contributed by atoms with E-state index < -0.39 is 65.8 Å². The van der Waals surface area contributed by atoms with Crippen LogP contribution in [0.5, 0.6) is 17.2 Å². The van der Waals surface area contributed by atoms with Gasteiger partial charge in [0.05, 0.1) is 26.3 Å². The van der Waals surface area contributed by atoms with Gasteiger partial charge in [0.2, 0.25) is 5.91 Å². The minimum absolute atomic E-state index is 0.229. The summed E-state index contributed by atoms with van der Waals surface area (Å²) in [6.45, 7) is 12.3. The highest BCUT2D eigenvalue weighted by molar-refractivity contribution is 6.01. The molecule has 0 bridgehead atoms. The number of nitrogens with zero attached hydrogens (tertiary/aromatic N) is 3. The van der Waals surface area contributed by atoms with Gasteiger partial charge in [0.15, 0.2) is 0 Å². The third-order valence-corrected chi connectivity index (χ3v) is 12.4. The Kier molecular flexibility index (Phi) is 14.7. The van der Waals surface area contributed by atoms with Crippen LogP contribution in [0.25, 0.3) is 21.9 Å². The summed E-state index contributed by atoms with van der Waals surface area (Å²) in [7, 11) is 4.25. The standard InChI is InChI=1S/C47H58F5N3O6/c1-9-16-46(49,50)30-55-21-17-44(18-22-55,47(51,52)32(4)5)43(58)53(6)38(42(56)57)27-33-12-10-14-36-35(33)13-11-15-37(36)41-39(60-8)28-34(59-7)29-40(41)61-26-25-54-23-19-45(48,20-24-54)31(2)3/h9-16,28-29,38H,2,4,17-27,30H2,1,3,5-8H3,(H,56,57)/b16-9+/t38-/m0/s1. The van der Waals surface area contributed by atoms with Crippen molar-refractivity contribution in [2.45, 2.75) is 76.4 Å². The van der Waals surface area contributed by atoms with E-state index in [1.165, 1.54) is 39.2 Å². The van der Waals surface area contributed by atoms with Crippen molar-refractivity contribution in [1.82, 2.24) is 14.7 Å².